The predicted molar refractivity (Wildman–Crippen MR) is 120 cm³/mol. The van der Waals surface area contributed by atoms with Gasteiger partial charge in [-0.3, -0.25) is 4.79 Å². The Kier molecular flexibility index (Phi) is 5.68. The third-order valence-electron chi connectivity index (χ3n) is 4.92. The number of amidine groups is 1. The Morgan fingerprint density at radius 1 is 1.21 bits per heavy atom. The molecule has 2 aromatic carbocycles. The van der Waals surface area contributed by atoms with Gasteiger partial charge in [-0.15, -0.1) is 0 Å². The second-order valence-electron chi connectivity index (χ2n) is 7.20. The lowest BCUT2D eigenvalue weighted by Gasteiger charge is -2.25. The lowest BCUT2D eigenvalue weighted by molar-refractivity contribution is -0.117. The van der Waals surface area contributed by atoms with Gasteiger partial charge in [0.1, 0.15) is 0 Å². The lowest BCUT2D eigenvalue weighted by Crippen LogP contribution is -2.38. The Bertz CT molecular complexity index is 1120. The van der Waals surface area contributed by atoms with Crippen LogP contribution in [0.15, 0.2) is 47.5 Å². The van der Waals surface area contributed by atoms with Crippen molar-refractivity contribution in [1.29, 1.82) is 0 Å². The summed E-state index contributed by atoms with van der Waals surface area (Å²) in [7, 11) is -3.15. The number of hydrogen-bond acceptors (Lipinski definition) is 4. The van der Waals surface area contributed by atoms with Crippen molar-refractivity contribution in [3.8, 4) is 0 Å². The van der Waals surface area contributed by atoms with Crippen LogP contribution in [-0.2, 0) is 21.1 Å². The van der Waals surface area contributed by atoms with Crippen molar-refractivity contribution in [3.63, 3.8) is 0 Å². The summed E-state index contributed by atoms with van der Waals surface area (Å²) in [4.78, 5) is 18.7. The first kappa shape index (κ1) is 20.7. The van der Waals surface area contributed by atoms with E-state index in [9.17, 15) is 13.2 Å². The van der Waals surface area contributed by atoms with Crippen LogP contribution in [0.2, 0.25) is 10.0 Å². The first-order valence-electron chi connectivity index (χ1n) is 9.01. The van der Waals surface area contributed by atoms with Crippen LogP contribution in [0.3, 0.4) is 0 Å². The molecule has 5 nitrogen and oxygen atoms in total. The monoisotopic (exact) mass is 468 g/mol. The molecule has 152 valence electrons. The molecule has 29 heavy (non-hydrogen) atoms. The van der Waals surface area contributed by atoms with Gasteiger partial charge in [-0.1, -0.05) is 70.9 Å². The van der Waals surface area contributed by atoms with E-state index in [0.29, 0.717) is 20.9 Å². The highest BCUT2D eigenvalue weighted by Crippen LogP contribution is 2.44. The molecule has 9 heteroatoms. The van der Waals surface area contributed by atoms with Crippen LogP contribution >= 0.6 is 35.0 Å². The number of aliphatic imine (C=N–C) groups is 1. The SMILES string of the molecule is Cc1cccc(CC(=O)N=C2S[C@H]3CS(=O)(=O)C[C@H]3N2c2cccc(Cl)c2Cl)c1. The highest BCUT2D eigenvalue weighted by Gasteiger charge is 2.49. The lowest BCUT2D eigenvalue weighted by atomic mass is 10.1. The second-order valence-corrected chi connectivity index (χ2v) is 11.3. The van der Waals surface area contributed by atoms with Crippen LogP contribution in [0.25, 0.3) is 0 Å². The molecule has 2 fully saturated rings. The summed E-state index contributed by atoms with van der Waals surface area (Å²) in [6, 6.07) is 12.6. The van der Waals surface area contributed by atoms with Gasteiger partial charge in [0.25, 0.3) is 5.91 Å². The van der Waals surface area contributed by atoms with Crippen molar-refractivity contribution in [2.75, 3.05) is 16.4 Å². The van der Waals surface area contributed by atoms with Crippen molar-refractivity contribution in [3.05, 3.63) is 63.6 Å². The Hall–Kier alpha value is -1.54. The van der Waals surface area contributed by atoms with Crippen LogP contribution in [-0.4, -0.2) is 42.3 Å². The number of fused-ring (bicyclic) bond motifs is 1. The molecule has 0 N–H and O–H groups in total. The summed E-state index contributed by atoms with van der Waals surface area (Å²) in [6.07, 6.45) is 0.177. The number of hydrogen-bond donors (Lipinski definition) is 0. The van der Waals surface area contributed by atoms with Gasteiger partial charge in [0.2, 0.25) is 0 Å². The zero-order valence-corrected chi connectivity index (χ0v) is 18.7. The fourth-order valence-corrected chi connectivity index (χ4v) is 7.98. The molecule has 1 amide bonds. The number of anilines is 1. The van der Waals surface area contributed by atoms with Crippen molar-refractivity contribution >= 4 is 61.6 Å². The largest absolute Gasteiger partial charge is 0.314 e. The molecule has 2 aliphatic heterocycles. The van der Waals surface area contributed by atoms with Gasteiger partial charge in [-0.2, -0.15) is 4.99 Å². The van der Waals surface area contributed by atoms with Gasteiger partial charge in [0.05, 0.1) is 39.7 Å². The van der Waals surface area contributed by atoms with Crippen LogP contribution < -0.4 is 4.90 Å². The third-order valence-corrected chi connectivity index (χ3v) is 8.93. The molecule has 0 radical (unpaired) electrons. The summed E-state index contributed by atoms with van der Waals surface area (Å²) < 4.78 is 24.3. The Balaban J connectivity index is 1.68. The number of sulfone groups is 1. The van der Waals surface area contributed by atoms with Crippen molar-refractivity contribution in [1.82, 2.24) is 0 Å². The number of nitrogens with zero attached hydrogens (tertiary/aromatic N) is 2. The minimum absolute atomic E-state index is 0.00139. The number of amides is 1. The van der Waals surface area contributed by atoms with E-state index >= 15 is 0 Å². The topological polar surface area (TPSA) is 66.8 Å². The van der Waals surface area contributed by atoms with Gasteiger partial charge < -0.3 is 4.90 Å². The first-order valence-corrected chi connectivity index (χ1v) is 12.5. The smallest absolute Gasteiger partial charge is 0.252 e. The highest BCUT2D eigenvalue weighted by molar-refractivity contribution is 8.16. The second kappa shape index (κ2) is 7.95. The molecule has 0 aliphatic carbocycles. The van der Waals surface area contributed by atoms with Crippen LogP contribution in [0.5, 0.6) is 0 Å². The minimum Gasteiger partial charge on any atom is -0.314 e. The summed E-state index contributed by atoms with van der Waals surface area (Å²) in [5.41, 5.74) is 2.53. The number of carbonyl (C=O) groups is 1. The Morgan fingerprint density at radius 3 is 2.72 bits per heavy atom. The number of halogens is 2. The third kappa shape index (κ3) is 4.33. The zero-order valence-electron chi connectivity index (χ0n) is 15.5. The molecule has 0 unspecified atom stereocenters. The standard InChI is InChI=1S/C20H18Cl2N2O3S2/c1-12-4-2-5-13(8-12)9-18(25)23-20-24(15-7-3-6-14(21)19(15)22)16-10-29(26,27)11-17(16)28-20/h2-8,16-17H,9-11H2,1H3/t16-,17+/m1/s1. The molecule has 2 atom stereocenters. The maximum absolute atomic E-state index is 12.7. The maximum Gasteiger partial charge on any atom is 0.252 e. The molecule has 4 rings (SSSR count). The predicted octanol–water partition coefficient (Wildman–Crippen LogP) is 4.15. The van der Waals surface area contributed by atoms with Gasteiger partial charge >= 0.3 is 0 Å². The number of rotatable bonds is 3. The van der Waals surface area contributed by atoms with Gasteiger partial charge in [-0.25, -0.2) is 8.42 Å². The summed E-state index contributed by atoms with van der Waals surface area (Å²) >= 11 is 13.9. The summed E-state index contributed by atoms with van der Waals surface area (Å²) in [5.74, 6) is -0.232. The van der Waals surface area contributed by atoms with Crippen LogP contribution in [0.4, 0.5) is 5.69 Å². The van der Waals surface area contributed by atoms with Crippen LogP contribution in [0, 0.1) is 6.92 Å². The van der Waals surface area contributed by atoms with Gasteiger partial charge in [0, 0.05) is 5.25 Å². The maximum atomic E-state index is 12.7. The fraction of sp³-hybridized carbons (Fsp3) is 0.300. The average Bonchev–Trinajstić information content (AvgIpc) is 3.08. The van der Waals surface area contributed by atoms with Crippen molar-refractivity contribution in [2.24, 2.45) is 4.99 Å². The first-order chi connectivity index (χ1) is 13.7. The fourth-order valence-electron chi connectivity index (χ4n) is 3.67. The van der Waals surface area contributed by atoms with E-state index in [4.69, 9.17) is 23.2 Å². The summed E-state index contributed by atoms with van der Waals surface area (Å²) in [5, 5.41) is 0.958. The van der Waals surface area contributed by atoms with Crippen molar-refractivity contribution < 1.29 is 13.2 Å². The Labute approximate surface area is 184 Å². The Morgan fingerprint density at radius 2 is 1.97 bits per heavy atom. The number of carbonyl (C=O) groups excluding carboxylic acids is 1. The van der Waals surface area contributed by atoms with Crippen molar-refractivity contribution in [2.45, 2.75) is 24.6 Å². The molecule has 0 aromatic heterocycles. The molecule has 0 bridgehead atoms. The minimum atomic E-state index is -3.15. The van der Waals surface area contributed by atoms with E-state index in [1.165, 1.54) is 11.8 Å². The molecule has 2 aromatic rings. The normalized spacial score (nSPS) is 24.1. The molecule has 2 heterocycles. The molecule has 0 saturated carbocycles. The number of benzene rings is 2. The van der Waals surface area contributed by atoms with E-state index in [0.717, 1.165) is 11.1 Å². The number of aryl methyl sites for hydroxylation is 1. The summed E-state index contributed by atoms with van der Waals surface area (Å²) in [6.45, 7) is 1.97. The quantitative estimate of drug-likeness (QED) is 0.676. The molecule has 2 saturated heterocycles. The van der Waals surface area contributed by atoms with E-state index in [-0.39, 0.29) is 35.1 Å². The molecular formula is C20H18Cl2N2O3S2. The van der Waals surface area contributed by atoms with E-state index in [1.54, 1.807) is 23.1 Å². The van der Waals surface area contributed by atoms with E-state index < -0.39 is 9.84 Å². The van der Waals surface area contributed by atoms with E-state index in [2.05, 4.69) is 4.99 Å². The average molecular weight is 469 g/mol. The molecular weight excluding hydrogens is 451 g/mol. The zero-order chi connectivity index (χ0) is 20.8. The van der Waals surface area contributed by atoms with Gasteiger partial charge in [-0.05, 0) is 24.6 Å². The number of thioether (sulfide) groups is 1. The highest BCUT2D eigenvalue weighted by atomic mass is 35.5. The van der Waals surface area contributed by atoms with Crippen LogP contribution in [0.1, 0.15) is 11.1 Å². The van der Waals surface area contributed by atoms with E-state index in [1.807, 2.05) is 31.2 Å². The molecule has 2 aliphatic rings. The van der Waals surface area contributed by atoms with Gasteiger partial charge in [0.15, 0.2) is 15.0 Å². The molecule has 0 spiro atoms.